The van der Waals surface area contributed by atoms with Gasteiger partial charge in [0.05, 0.1) is 60.1 Å². The minimum atomic E-state index is -1.14. The van der Waals surface area contributed by atoms with Crippen LogP contribution in [0.2, 0.25) is 0 Å². The molecule has 11 aromatic rings. The Morgan fingerprint density at radius 1 is 0.467 bits per heavy atom. The standard InChI is InChI=1S/C72H54N6O8S4/c79-71(80)43-31-39(29-41(33-43)67-63-65(85-27-25-83-63)69(87-67)53-23-21-47(59-61(53)75-89-73-59)37-17-19-51-49-13-7-15-55(49)77(57(51)35-37)45-9-3-1-4-10-45)40-30-42(34-44(32-40)72(81)82)68-64-66(86-28-26-84-64)70(88-68)54-24-22-48(60-62(54)76-90-74-60)38-18-20-52-50-14-8-16-56(50)78(58(52)36-38)46-11-5-2-6-12-46/h1-6,9-11,17-24,29-36,46,49-50,55-56H,7-8,12-16,25-28H2,(H,79,80)(H,81,82). The third-order valence-electron chi connectivity index (χ3n) is 19.4. The molecule has 18 heteroatoms. The predicted molar refractivity (Wildman–Crippen MR) is 357 cm³/mol. The van der Waals surface area contributed by atoms with E-state index in [9.17, 15) is 19.8 Å². The molecule has 0 amide bonds. The molecule has 2 saturated carbocycles. The maximum Gasteiger partial charge on any atom is 0.335 e. The molecule has 0 radical (unpaired) electrons. The van der Waals surface area contributed by atoms with Crippen LogP contribution in [0.1, 0.15) is 88.6 Å². The van der Waals surface area contributed by atoms with Crippen LogP contribution >= 0.6 is 46.1 Å². The van der Waals surface area contributed by atoms with Crippen molar-refractivity contribution >= 4 is 97.2 Å². The Morgan fingerprint density at radius 3 is 1.48 bits per heavy atom. The first-order chi connectivity index (χ1) is 44.3. The summed E-state index contributed by atoms with van der Waals surface area (Å²) in [5.41, 5.74) is 17.5. The van der Waals surface area contributed by atoms with Crippen LogP contribution in [0.15, 0.2) is 152 Å². The number of allylic oxidation sites excluding steroid dienone is 2. The number of nitrogens with zero attached hydrogens (tertiary/aromatic N) is 6. The van der Waals surface area contributed by atoms with E-state index in [-0.39, 0.29) is 17.7 Å². The molecule has 4 aliphatic heterocycles. The van der Waals surface area contributed by atoms with Crippen molar-refractivity contribution in [1.29, 1.82) is 0 Å². The summed E-state index contributed by atoms with van der Waals surface area (Å²) in [6, 6.07) is 44.4. The number of hydrogen-bond donors (Lipinski definition) is 2. The number of rotatable bonds is 11. The van der Waals surface area contributed by atoms with E-state index in [1.807, 2.05) is 12.1 Å². The van der Waals surface area contributed by atoms with Crippen LogP contribution in [-0.4, -0.2) is 84.2 Å². The summed E-state index contributed by atoms with van der Waals surface area (Å²) < 4.78 is 45.6. The second-order valence-corrected chi connectivity index (χ2v) is 27.3. The van der Waals surface area contributed by atoms with Crippen LogP contribution in [-0.2, 0) is 0 Å². The van der Waals surface area contributed by atoms with Gasteiger partial charge < -0.3 is 39.0 Å². The van der Waals surface area contributed by atoms with E-state index in [4.69, 9.17) is 36.4 Å². The molecular weight excluding hydrogens is 1210 g/mol. The number of ether oxygens (including phenoxy) is 4. The monoisotopic (exact) mass is 1260 g/mol. The molecule has 14 nitrogen and oxygen atoms in total. The lowest BCUT2D eigenvalue weighted by atomic mass is 9.94. The van der Waals surface area contributed by atoms with Gasteiger partial charge in [-0.05, 0) is 137 Å². The van der Waals surface area contributed by atoms with E-state index in [1.54, 1.807) is 24.3 Å². The molecule has 444 valence electrons. The summed E-state index contributed by atoms with van der Waals surface area (Å²) in [6.07, 6.45) is 17.1. The van der Waals surface area contributed by atoms with Crippen molar-refractivity contribution in [1.82, 2.24) is 17.5 Å². The molecule has 2 fully saturated rings. The number of aromatic carboxylic acids is 2. The minimum Gasteiger partial charge on any atom is -0.485 e. The molecular formula is C72H54N6O8S4. The first-order valence-corrected chi connectivity index (χ1v) is 33.8. The highest BCUT2D eigenvalue weighted by Crippen LogP contribution is 2.59. The first-order valence-electron chi connectivity index (χ1n) is 30.7. The van der Waals surface area contributed by atoms with Crippen molar-refractivity contribution in [3.05, 3.63) is 174 Å². The molecule has 5 unspecified atom stereocenters. The zero-order valence-corrected chi connectivity index (χ0v) is 51.5. The lowest BCUT2D eigenvalue weighted by Crippen LogP contribution is -2.39. The zero-order valence-electron chi connectivity index (χ0n) is 48.3. The number of fused-ring (bicyclic) bond motifs is 10. The fourth-order valence-corrected chi connectivity index (χ4v) is 19.1. The number of anilines is 3. The van der Waals surface area contributed by atoms with Crippen molar-refractivity contribution in [3.63, 3.8) is 0 Å². The smallest absolute Gasteiger partial charge is 0.335 e. The van der Waals surface area contributed by atoms with Crippen LogP contribution in [0.5, 0.6) is 23.0 Å². The molecule has 4 aromatic heterocycles. The van der Waals surface area contributed by atoms with Gasteiger partial charge in [0.15, 0.2) is 23.0 Å². The van der Waals surface area contributed by atoms with Crippen LogP contribution < -0.4 is 28.7 Å². The van der Waals surface area contributed by atoms with Crippen LogP contribution in [0.3, 0.4) is 0 Å². The van der Waals surface area contributed by atoms with Gasteiger partial charge in [0, 0.05) is 63.2 Å². The van der Waals surface area contributed by atoms with E-state index in [1.165, 1.54) is 94.7 Å². The van der Waals surface area contributed by atoms with Gasteiger partial charge in [0.1, 0.15) is 48.5 Å². The Balaban J connectivity index is 0.710. The van der Waals surface area contributed by atoms with Gasteiger partial charge >= 0.3 is 11.9 Å². The number of benzene rings is 7. The quantitative estimate of drug-likeness (QED) is 0.125. The molecule has 18 rings (SSSR count). The van der Waals surface area contributed by atoms with Crippen LogP contribution in [0.4, 0.5) is 17.1 Å². The van der Waals surface area contributed by atoms with Gasteiger partial charge in [-0.15, -0.1) is 22.7 Å². The fourth-order valence-electron chi connectivity index (χ4n) is 15.5. The van der Waals surface area contributed by atoms with E-state index >= 15 is 0 Å². The van der Waals surface area contributed by atoms with Crippen molar-refractivity contribution in [2.45, 2.75) is 74.9 Å². The van der Waals surface area contributed by atoms with Gasteiger partial charge in [-0.3, -0.25) is 0 Å². The maximum atomic E-state index is 13.2. The van der Waals surface area contributed by atoms with E-state index in [0.717, 1.165) is 89.8 Å². The number of para-hydroxylation sites is 1. The summed E-state index contributed by atoms with van der Waals surface area (Å²) in [5, 5.41) is 21.6. The maximum absolute atomic E-state index is 13.2. The summed E-state index contributed by atoms with van der Waals surface area (Å²) in [6.45, 7) is 1.22. The Hall–Kier alpha value is -9.20. The summed E-state index contributed by atoms with van der Waals surface area (Å²) >= 11 is 5.21. The fraction of sp³-hybridized carbons (Fsp3) is 0.222. The largest absolute Gasteiger partial charge is 0.485 e. The lowest BCUT2D eigenvalue weighted by Gasteiger charge is -2.34. The molecule has 0 bridgehead atoms. The Kier molecular flexibility index (Phi) is 12.7. The number of thiophene rings is 2. The molecule has 2 N–H and O–H groups in total. The molecule has 7 aromatic carbocycles. The summed E-state index contributed by atoms with van der Waals surface area (Å²) in [5.74, 6) is 0.846. The van der Waals surface area contributed by atoms with Crippen LogP contribution in [0.25, 0.3) is 97.2 Å². The molecule has 8 heterocycles. The highest BCUT2D eigenvalue weighted by molar-refractivity contribution is 7.20. The molecule has 0 saturated heterocycles. The molecule has 3 aliphatic carbocycles. The van der Waals surface area contributed by atoms with E-state index < -0.39 is 11.9 Å². The Morgan fingerprint density at radius 2 is 0.944 bits per heavy atom. The normalized spacial score (nSPS) is 20.0. The third kappa shape index (κ3) is 8.51. The second-order valence-electron chi connectivity index (χ2n) is 24.2. The number of aromatic nitrogens is 4. The summed E-state index contributed by atoms with van der Waals surface area (Å²) in [7, 11) is 0. The topological polar surface area (TPSA) is 170 Å². The average molecular weight is 1260 g/mol. The predicted octanol–water partition coefficient (Wildman–Crippen LogP) is 17.6. The van der Waals surface area contributed by atoms with Crippen molar-refractivity contribution in [2.75, 3.05) is 36.2 Å². The SMILES string of the molecule is O=C(O)c1cc(-c2cc(C(=O)O)cc(-c3sc(-c4ccc(-c5ccc6c(c5)N(C5C=CC=CC5)C5CCCC65)c5nsnc45)c4c3OCCO4)c2)cc(-c2sc(-c3ccc(-c4ccc5c(c4)N(c4ccccc4)C4CCCC54)c4nsnc34)c3c2OCCO3)c1. The Bertz CT molecular complexity index is 4890. The highest BCUT2D eigenvalue weighted by atomic mass is 32.1. The number of carboxylic acids is 2. The Labute approximate surface area is 533 Å². The van der Waals surface area contributed by atoms with E-state index in [2.05, 4.69) is 125 Å². The first kappa shape index (κ1) is 53.8. The van der Waals surface area contributed by atoms with Gasteiger partial charge in [-0.1, -0.05) is 104 Å². The summed E-state index contributed by atoms with van der Waals surface area (Å²) in [4.78, 5) is 34.6. The highest BCUT2D eigenvalue weighted by Gasteiger charge is 2.45. The van der Waals surface area contributed by atoms with E-state index in [0.29, 0.717) is 105 Å². The van der Waals surface area contributed by atoms with Gasteiger partial charge in [-0.25, -0.2) is 9.59 Å². The van der Waals surface area contributed by atoms with Gasteiger partial charge in [0.2, 0.25) is 0 Å². The zero-order chi connectivity index (χ0) is 59.9. The van der Waals surface area contributed by atoms with Crippen LogP contribution in [0, 0.1) is 0 Å². The van der Waals surface area contributed by atoms with Gasteiger partial charge in [-0.2, -0.15) is 17.5 Å². The van der Waals surface area contributed by atoms with Crippen molar-refractivity contribution in [3.8, 4) is 98.1 Å². The number of hydrogen-bond acceptors (Lipinski definition) is 16. The molecule has 7 aliphatic rings. The third-order valence-corrected chi connectivity index (χ3v) is 22.9. The average Bonchev–Trinajstić information content (AvgIpc) is 1.61. The van der Waals surface area contributed by atoms with Gasteiger partial charge in [0.25, 0.3) is 0 Å². The minimum absolute atomic E-state index is 0.0138. The number of carboxylic acid groups (broad SMARTS) is 2. The second kappa shape index (κ2) is 21.2. The van der Waals surface area contributed by atoms with Crippen molar-refractivity contribution < 1.29 is 38.7 Å². The number of carbonyl (C=O) groups is 2. The molecule has 90 heavy (non-hydrogen) atoms. The van der Waals surface area contributed by atoms with Crippen molar-refractivity contribution in [2.24, 2.45) is 0 Å². The molecule has 0 spiro atoms. The lowest BCUT2D eigenvalue weighted by molar-refractivity contribution is 0.0686. The molecule has 5 atom stereocenters.